The first-order valence-corrected chi connectivity index (χ1v) is 9.90. The van der Waals surface area contributed by atoms with Gasteiger partial charge < -0.3 is 5.41 Å². The maximum Gasteiger partial charge on any atom is 0.123 e. The van der Waals surface area contributed by atoms with Crippen LogP contribution in [0.25, 0.3) is 0 Å². The van der Waals surface area contributed by atoms with Gasteiger partial charge in [-0.05, 0) is 98.9 Å². The van der Waals surface area contributed by atoms with E-state index in [1.165, 1.54) is 44.9 Å². The molecule has 0 aliphatic heterocycles. The van der Waals surface area contributed by atoms with Gasteiger partial charge in [-0.1, -0.05) is 19.4 Å². The van der Waals surface area contributed by atoms with Crippen LogP contribution in [-0.2, 0) is 4.79 Å². The summed E-state index contributed by atoms with van der Waals surface area (Å²) in [6, 6.07) is 0. The molecule has 130 valence electrons. The van der Waals surface area contributed by atoms with E-state index in [1.807, 2.05) is 6.92 Å². The molecule has 4 aliphatic carbocycles. The number of hydrogen-bond donors (Lipinski definition) is 1. The van der Waals surface area contributed by atoms with Crippen LogP contribution in [0.1, 0.15) is 72.1 Å². The normalized spacial score (nSPS) is 47.1. The fraction of sp³-hybridized carbons (Fsp3) is 0.773. The van der Waals surface area contributed by atoms with Crippen molar-refractivity contribution < 1.29 is 4.79 Å². The molecule has 1 N–H and O–H groups in total. The summed E-state index contributed by atoms with van der Waals surface area (Å²) in [5, 5.41) is 8.06. The van der Waals surface area contributed by atoms with Crippen molar-refractivity contribution in [2.75, 3.05) is 0 Å². The third-order valence-corrected chi connectivity index (χ3v) is 8.68. The van der Waals surface area contributed by atoms with Gasteiger partial charge in [-0.25, -0.2) is 4.79 Å². The van der Waals surface area contributed by atoms with Crippen LogP contribution in [0.5, 0.6) is 0 Å². The second kappa shape index (κ2) is 5.43. The number of nitrogens with one attached hydrogen (secondary N) is 1. The summed E-state index contributed by atoms with van der Waals surface area (Å²) >= 11 is 0. The molecule has 0 aromatic carbocycles. The molecule has 4 aliphatic rings. The third-order valence-electron chi connectivity index (χ3n) is 8.68. The quantitative estimate of drug-likeness (QED) is 0.647. The van der Waals surface area contributed by atoms with Gasteiger partial charge in [-0.3, -0.25) is 0 Å². The Morgan fingerprint density at radius 2 is 1.92 bits per heavy atom. The predicted molar refractivity (Wildman–Crippen MR) is 97.8 cm³/mol. The lowest BCUT2D eigenvalue weighted by atomic mass is 9.46. The van der Waals surface area contributed by atoms with E-state index in [2.05, 4.69) is 25.9 Å². The first-order chi connectivity index (χ1) is 11.4. The van der Waals surface area contributed by atoms with Gasteiger partial charge in [-0.15, -0.1) is 0 Å². The Bertz CT molecular complexity index is 655. The van der Waals surface area contributed by atoms with E-state index in [4.69, 9.17) is 5.41 Å². The minimum Gasteiger partial charge on any atom is -0.305 e. The molecule has 0 spiro atoms. The third kappa shape index (κ3) is 2.08. The minimum absolute atomic E-state index is 0.321. The standard InChI is InChI=1S/C22H31NO/c1-14(13-24)18-6-7-19-17-5-4-15-12-16(23)8-10-21(15,2)20(17)9-11-22(18,19)3/h12,17-20,23H,4-11H2,1-3H3. The summed E-state index contributed by atoms with van der Waals surface area (Å²) in [5.41, 5.74) is 4.04. The van der Waals surface area contributed by atoms with Crippen LogP contribution in [0, 0.1) is 39.9 Å². The Labute approximate surface area is 146 Å². The van der Waals surface area contributed by atoms with E-state index >= 15 is 0 Å². The van der Waals surface area contributed by atoms with Crippen LogP contribution < -0.4 is 0 Å². The second-order valence-electron chi connectivity index (χ2n) is 9.49. The first kappa shape index (κ1) is 16.3. The molecule has 3 fully saturated rings. The average molecular weight is 325 g/mol. The number of rotatable bonds is 1. The molecular formula is C22H31NO. The molecule has 6 unspecified atom stereocenters. The van der Waals surface area contributed by atoms with Crippen LogP contribution >= 0.6 is 0 Å². The number of carbonyl (C=O) groups excluding carboxylic acids is 1. The minimum atomic E-state index is 0.321. The van der Waals surface area contributed by atoms with Gasteiger partial charge in [0.2, 0.25) is 0 Å². The molecule has 0 amide bonds. The van der Waals surface area contributed by atoms with Crippen molar-refractivity contribution in [1.82, 2.24) is 0 Å². The highest BCUT2D eigenvalue weighted by atomic mass is 16.1. The van der Waals surface area contributed by atoms with Gasteiger partial charge in [0.25, 0.3) is 0 Å². The lowest BCUT2D eigenvalue weighted by molar-refractivity contribution is -0.0440. The first-order valence-electron chi connectivity index (χ1n) is 9.90. The second-order valence-corrected chi connectivity index (χ2v) is 9.49. The SMILES string of the molecule is CC(=C=O)C1CCC2C3CCC4=CC(=N)CCC4(C)C3CCC12C. The Morgan fingerprint density at radius 1 is 1.12 bits per heavy atom. The molecular weight excluding hydrogens is 294 g/mol. The Hall–Kier alpha value is -1.14. The van der Waals surface area contributed by atoms with Crippen LogP contribution in [0.4, 0.5) is 0 Å². The topological polar surface area (TPSA) is 40.9 Å². The van der Waals surface area contributed by atoms with E-state index in [-0.39, 0.29) is 0 Å². The maximum absolute atomic E-state index is 11.3. The Kier molecular flexibility index (Phi) is 3.69. The van der Waals surface area contributed by atoms with Crippen molar-refractivity contribution in [3.63, 3.8) is 0 Å². The van der Waals surface area contributed by atoms with Crippen molar-refractivity contribution in [3.05, 3.63) is 17.2 Å². The van der Waals surface area contributed by atoms with Gasteiger partial charge in [0.15, 0.2) is 0 Å². The van der Waals surface area contributed by atoms with E-state index in [1.54, 1.807) is 5.57 Å². The smallest absolute Gasteiger partial charge is 0.123 e. The highest BCUT2D eigenvalue weighted by Gasteiger charge is 2.59. The molecule has 2 heteroatoms. The molecule has 0 saturated heterocycles. The maximum atomic E-state index is 11.3. The molecule has 24 heavy (non-hydrogen) atoms. The summed E-state index contributed by atoms with van der Waals surface area (Å²) in [6.45, 7) is 6.97. The summed E-state index contributed by atoms with van der Waals surface area (Å²) < 4.78 is 0. The highest BCUT2D eigenvalue weighted by molar-refractivity contribution is 5.94. The summed E-state index contributed by atoms with van der Waals surface area (Å²) in [4.78, 5) is 11.3. The Balaban J connectivity index is 1.67. The van der Waals surface area contributed by atoms with E-state index in [0.29, 0.717) is 16.7 Å². The van der Waals surface area contributed by atoms with E-state index in [9.17, 15) is 4.79 Å². The van der Waals surface area contributed by atoms with Gasteiger partial charge in [0.1, 0.15) is 5.94 Å². The van der Waals surface area contributed by atoms with Crippen LogP contribution in [0.3, 0.4) is 0 Å². The van der Waals surface area contributed by atoms with Crippen molar-refractivity contribution in [2.24, 2.45) is 34.5 Å². The lowest BCUT2D eigenvalue weighted by Gasteiger charge is -2.58. The molecule has 0 radical (unpaired) electrons. The highest BCUT2D eigenvalue weighted by Crippen LogP contribution is 2.67. The molecule has 0 heterocycles. The summed E-state index contributed by atoms with van der Waals surface area (Å²) in [6.07, 6.45) is 11.9. The molecule has 0 aromatic heterocycles. The zero-order valence-electron chi connectivity index (χ0n) is 15.5. The lowest BCUT2D eigenvalue weighted by Crippen LogP contribution is -2.50. The number of fused-ring (bicyclic) bond motifs is 5. The molecule has 0 bridgehead atoms. The monoisotopic (exact) mass is 325 g/mol. The van der Waals surface area contributed by atoms with Crippen LogP contribution in [-0.4, -0.2) is 11.7 Å². The molecule has 6 atom stereocenters. The largest absolute Gasteiger partial charge is 0.305 e. The van der Waals surface area contributed by atoms with Crippen LogP contribution in [0.15, 0.2) is 17.2 Å². The van der Waals surface area contributed by atoms with Gasteiger partial charge >= 0.3 is 0 Å². The number of hydrogen-bond acceptors (Lipinski definition) is 2. The van der Waals surface area contributed by atoms with Crippen molar-refractivity contribution in [2.45, 2.75) is 72.1 Å². The summed E-state index contributed by atoms with van der Waals surface area (Å²) in [5.74, 6) is 5.09. The fourth-order valence-electron chi connectivity index (χ4n) is 7.37. The van der Waals surface area contributed by atoms with Gasteiger partial charge in [0, 0.05) is 11.3 Å². The van der Waals surface area contributed by atoms with Gasteiger partial charge in [-0.2, -0.15) is 0 Å². The zero-order valence-corrected chi connectivity index (χ0v) is 15.5. The fourth-order valence-corrected chi connectivity index (χ4v) is 7.37. The molecule has 0 aromatic rings. The Morgan fingerprint density at radius 3 is 2.67 bits per heavy atom. The van der Waals surface area contributed by atoms with E-state index in [0.717, 1.165) is 35.5 Å². The van der Waals surface area contributed by atoms with E-state index < -0.39 is 0 Å². The molecule has 3 saturated carbocycles. The average Bonchev–Trinajstić information content (AvgIpc) is 2.92. The van der Waals surface area contributed by atoms with Gasteiger partial charge in [0.05, 0.1) is 0 Å². The molecule has 4 rings (SSSR count). The summed E-state index contributed by atoms with van der Waals surface area (Å²) in [7, 11) is 0. The zero-order chi connectivity index (χ0) is 17.1. The van der Waals surface area contributed by atoms with Crippen molar-refractivity contribution >= 4 is 11.7 Å². The van der Waals surface area contributed by atoms with Crippen molar-refractivity contribution in [3.8, 4) is 0 Å². The predicted octanol–water partition coefficient (Wildman–Crippen LogP) is 5.36. The molecule has 2 nitrogen and oxygen atoms in total. The van der Waals surface area contributed by atoms with Crippen molar-refractivity contribution in [1.29, 1.82) is 5.41 Å². The number of allylic oxidation sites excluding steroid dienone is 3. The van der Waals surface area contributed by atoms with Crippen LogP contribution in [0.2, 0.25) is 0 Å².